The molecule has 27 heavy (non-hydrogen) atoms. The summed E-state index contributed by atoms with van der Waals surface area (Å²) in [5.74, 6) is 0.118. The van der Waals surface area contributed by atoms with E-state index in [1.54, 1.807) is 18.1 Å². The molecule has 5 nitrogen and oxygen atoms in total. The van der Waals surface area contributed by atoms with Crippen LogP contribution >= 0.6 is 11.6 Å². The van der Waals surface area contributed by atoms with Gasteiger partial charge in [-0.25, -0.2) is 0 Å². The Labute approximate surface area is 165 Å². The van der Waals surface area contributed by atoms with E-state index in [0.717, 1.165) is 22.6 Å². The van der Waals surface area contributed by atoms with Crippen LogP contribution in [0.25, 0.3) is 0 Å². The van der Waals surface area contributed by atoms with E-state index in [4.69, 9.17) is 16.3 Å². The molecule has 0 radical (unpaired) electrons. The SMILES string of the molecule is COc1ccc([C@@H]2Cc3cc(Cl)ccc3N(CCN(C)C)C(=O)[C@@H]2O)cc1. The summed E-state index contributed by atoms with van der Waals surface area (Å²) in [7, 11) is 5.53. The first kappa shape index (κ1) is 19.7. The van der Waals surface area contributed by atoms with Gasteiger partial charge in [0.1, 0.15) is 11.9 Å². The van der Waals surface area contributed by atoms with Crippen molar-refractivity contribution in [2.24, 2.45) is 0 Å². The molecular formula is C21H25ClN2O3. The molecule has 1 heterocycles. The molecular weight excluding hydrogens is 364 g/mol. The van der Waals surface area contributed by atoms with Crippen LogP contribution < -0.4 is 9.64 Å². The summed E-state index contributed by atoms with van der Waals surface area (Å²) in [5.41, 5.74) is 2.69. The van der Waals surface area contributed by atoms with Crippen molar-refractivity contribution in [2.45, 2.75) is 18.4 Å². The number of rotatable bonds is 5. The molecule has 0 saturated heterocycles. The standard InChI is InChI=1S/C21H25ClN2O3/c1-23(2)10-11-24-19-9-6-16(22)12-15(19)13-18(20(25)21(24)26)14-4-7-17(27-3)8-5-14/h4-9,12,18,20,25H,10-11,13H2,1-3H3/t18-,20+/m0/s1. The molecule has 1 amide bonds. The highest BCUT2D eigenvalue weighted by molar-refractivity contribution is 6.30. The number of carbonyl (C=O) groups is 1. The lowest BCUT2D eigenvalue weighted by Crippen LogP contribution is -2.43. The zero-order valence-corrected chi connectivity index (χ0v) is 16.6. The Balaban J connectivity index is 2.01. The number of aliphatic hydroxyl groups is 1. The summed E-state index contributed by atoms with van der Waals surface area (Å²) in [5, 5.41) is 11.5. The zero-order chi connectivity index (χ0) is 19.6. The molecule has 0 aliphatic carbocycles. The van der Waals surface area contributed by atoms with Crippen molar-refractivity contribution in [2.75, 3.05) is 39.2 Å². The molecule has 2 aromatic rings. The van der Waals surface area contributed by atoms with Gasteiger partial charge in [0, 0.05) is 29.7 Å². The maximum atomic E-state index is 13.1. The van der Waals surface area contributed by atoms with Crippen LogP contribution in [0.5, 0.6) is 5.75 Å². The topological polar surface area (TPSA) is 53.0 Å². The van der Waals surface area contributed by atoms with Gasteiger partial charge in [0.15, 0.2) is 0 Å². The third kappa shape index (κ3) is 4.26. The van der Waals surface area contributed by atoms with Crippen molar-refractivity contribution in [1.82, 2.24) is 4.90 Å². The average Bonchev–Trinajstić information content (AvgIpc) is 2.75. The molecule has 1 N–H and O–H groups in total. The lowest BCUT2D eigenvalue weighted by atomic mass is 9.88. The number of carbonyl (C=O) groups excluding carboxylic acids is 1. The smallest absolute Gasteiger partial charge is 0.256 e. The van der Waals surface area contributed by atoms with Crippen molar-refractivity contribution in [3.63, 3.8) is 0 Å². The monoisotopic (exact) mass is 388 g/mol. The fraction of sp³-hybridized carbons (Fsp3) is 0.381. The van der Waals surface area contributed by atoms with Gasteiger partial charge >= 0.3 is 0 Å². The van der Waals surface area contributed by atoms with Gasteiger partial charge in [-0.2, -0.15) is 0 Å². The number of benzene rings is 2. The van der Waals surface area contributed by atoms with Crippen LogP contribution in [0, 0.1) is 0 Å². The number of hydrogen-bond acceptors (Lipinski definition) is 4. The molecule has 0 fully saturated rings. The van der Waals surface area contributed by atoms with Crippen LogP contribution in [0.4, 0.5) is 5.69 Å². The van der Waals surface area contributed by atoms with Crippen LogP contribution in [0.2, 0.25) is 5.02 Å². The van der Waals surface area contributed by atoms with Crippen molar-refractivity contribution in [1.29, 1.82) is 0 Å². The molecule has 3 rings (SSSR count). The van der Waals surface area contributed by atoms with Crippen LogP contribution in [0.1, 0.15) is 17.0 Å². The Morgan fingerprint density at radius 1 is 1.22 bits per heavy atom. The van der Waals surface area contributed by atoms with Crippen molar-refractivity contribution in [3.8, 4) is 5.75 Å². The molecule has 0 spiro atoms. The predicted octanol–water partition coefficient (Wildman–Crippen LogP) is 2.94. The highest BCUT2D eigenvalue weighted by atomic mass is 35.5. The number of anilines is 1. The van der Waals surface area contributed by atoms with Gasteiger partial charge in [0.25, 0.3) is 5.91 Å². The van der Waals surface area contributed by atoms with Crippen LogP contribution in [0.15, 0.2) is 42.5 Å². The van der Waals surface area contributed by atoms with E-state index >= 15 is 0 Å². The summed E-state index contributed by atoms with van der Waals surface area (Å²) < 4.78 is 5.21. The van der Waals surface area contributed by atoms with Gasteiger partial charge in [-0.1, -0.05) is 23.7 Å². The first-order chi connectivity index (χ1) is 12.9. The highest BCUT2D eigenvalue weighted by Crippen LogP contribution is 2.36. The first-order valence-corrected chi connectivity index (χ1v) is 9.35. The molecule has 2 atom stereocenters. The maximum absolute atomic E-state index is 13.1. The van der Waals surface area contributed by atoms with E-state index in [-0.39, 0.29) is 11.8 Å². The van der Waals surface area contributed by atoms with E-state index in [2.05, 4.69) is 0 Å². The summed E-state index contributed by atoms with van der Waals surface area (Å²) in [6.45, 7) is 1.21. The van der Waals surface area contributed by atoms with Crippen molar-refractivity contribution < 1.29 is 14.6 Å². The number of hydrogen-bond donors (Lipinski definition) is 1. The second-order valence-electron chi connectivity index (χ2n) is 7.09. The molecule has 0 saturated carbocycles. The Morgan fingerprint density at radius 2 is 1.93 bits per heavy atom. The third-order valence-corrected chi connectivity index (χ3v) is 5.22. The predicted molar refractivity (Wildman–Crippen MR) is 108 cm³/mol. The van der Waals surface area contributed by atoms with Gasteiger partial charge in [-0.15, -0.1) is 0 Å². The number of fused-ring (bicyclic) bond motifs is 1. The van der Waals surface area contributed by atoms with E-state index in [9.17, 15) is 9.90 Å². The Morgan fingerprint density at radius 3 is 2.56 bits per heavy atom. The maximum Gasteiger partial charge on any atom is 0.256 e. The third-order valence-electron chi connectivity index (χ3n) is 4.99. The Hall–Kier alpha value is -2.08. The molecule has 1 aliphatic heterocycles. The fourth-order valence-corrected chi connectivity index (χ4v) is 3.66. The largest absolute Gasteiger partial charge is 0.497 e. The molecule has 0 unspecified atom stereocenters. The Kier molecular flexibility index (Phi) is 6.05. The van der Waals surface area contributed by atoms with Crippen LogP contribution in [0.3, 0.4) is 0 Å². The summed E-state index contributed by atoms with van der Waals surface area (Å²) in [4.78, 5) is 16.8. The number of methoxy groups -OCH3 is 1. The first-order valence-electron chi connectivity index (χ1n) is 8.97. The number of amides is 1. The summed E-state index contributed by atoms with van der Waals surface area (Å²) in [6.07, 6.45) is -0.583. The van der Waals surface area contributed by atoms with Crippen LogP contribution in [-0.4, -0.2) is 56.3 Å². The van der Waals surface area contributed by atoms with Gasteiger partial charge in [0.2, 0.25) is 0 Å². The van der Waals surface area contributed by atoms with Crippen molar-refractivity contribution >= 4 is 23.2 Å². The molecule has 1 aliphatic rings. The molecule has 6 heteroatoms. The van der Waals surface area contributed by atoms with E-state index in [1.165, 1.54) is 0 Å². The Bertz CT molecular complexity index is 808. The minimum atomic E-state index is -1.12. The minimum Gasteiger partial charge on any atom is -0.497 e. The molecule has 144 valence electrons. The average molecular weight is 389 g/mol. The number of halogens is 1. The van der Waals surface area contributed by atoms with Crippen molar-refractivity contribution in [3.05, 3.63) is 58.6 Å². The van der Waals surface area contributed by atoms with E-state index in [1.807, 2.05) is 55.4 Å². The minimum absolute atomic E-state index is 0.279. The lowest BCUT2D eigenvalue weighted by molar-refractivity contribution is -0.127. The number of likely N-dealkylation sites (N-methyl/N-ethyl adjacent to an activating group) is 1. The molecule has 2 aromatic carbocycles. The lowest BCUT2D eigenvalue weighted by Gasteiger charge is -2.27. The number of ether oxygens (including phenoxy) is 1. The quantitative estimate of drug-likeness (QED) is 0.855. The van der Waals surface area contributed by atoms with Gasteiger partial charge in [0.05, 0.1) is 7.11 Å². The van der Waals surface area contributed by atoms with Gasteiger partial charge < -0.3 is 19.6 Å². The van der Waals surface area contributed by atoms with Gasteiger partial charge in [-0.05, 0) is 62.0 Å². The number of nitrogens with zero attached hydrogens (tertiary/aromatic N) is 2. The van der Waals surface area contributed by atoms with Crippen LogP contribution in [-0.2, 0) is 11.2 Å². The molecule has 0 aromatic heterocycles. The highest BCUT2D eigenvalue weighted by Gasteiger charge is 2.36. The molecule has 0 bridgehead atoms. The van der Waals surface area contributed by atoms with E-state index in [0.29, 0.717) is 24.5 Å². The summed E-state index contributed by atoms with van der Waals surface area (Å²) in [6, 6.07) is 13.0. The zero-order valence-electron chi connectivity index (χ0n) is 15.9. The van der Waals surface area contributed by atoms with E-state index < -0.39 is 6.10 Å². The second kappa shape index (κ2) is 8.30. The van der Waals surface area contributed by atoms with Gasteiger partial charge in [-0.3, -0.25) is 4.79 Å². The second-order valence-corrected chi connectivity index (χ2v) is 7.53. The number of aliphatic hydroxyl groups excluding tert-OH is 1. The normalized spacial score (nSPS) is 19.8. The fourth-order valence-electron chi connectivity index (χ4n) is 3.46. The summed E-state index contributed by atoms with van der Waals surface area (Å²) >= 11 is 6.22.